The number of benzene rings is 2. The second-order valence-electron chi connectivity index (χ2n) is 11.5. The molecular formula is C36H47ClN6O7. The first-order chi connectivity index (χ1) is 24.1. The number of aromatic hydroxyl groups is 2. The predicted octanol–water partition coefficient (Wildman–Crippen LogP) is 5.88. The monoisotopic (exact) mass is 710 g/mol. The molecule has 4 aromatic rings. The molecule has 1 fully saturated rings. The quantitative estimate of drug-likeness (QED) is 0.0734. The number of carbonyl (C=O) groups excluding carboxylic acids is 3. The van der Waals surface area contributed by atoms with Crippen molar-refractivity contribution in [1.82, 2.24) is 25.3 Å². The van der Waals surface area contributed by atoms with Crippen LogP contribution in [0.2, 0.25) is 5.02 Å². The average molecular weight is 711 g/mol. The molecule has 14 heteroatoms. The van der Waals surface area contributed by atoms with Crippen molar-refractivity contribution in [2.45, 2.75) is 65.9 Å². The molecule has 0 atom stereocenters. The molecule has 5 rings (SSSR count). The zero-order chi connectivity index (χ0) is 36.6. The number of nitrogens with zero attached hydrogens (tertiary/aromatic N) is 3. The minimum atomic E-state index is -0.437. The summed E-state index contributed by atoms with van der Waals surface area (Å²) in [5.41, 5.74) is 7.03. The van der Waals surface area contributed by atoms with Crippen molar-refractivity contribution in [2.75, 3.05) is 26.7 Å². The van der Waals surface area contributed by atoms with E-state index in [0.717, 1.165) is 69.1 Å². The fraction of sp³-hybridized carbons (Fsp3) is 0.417. The van der Waals surface area contributed by atoms with Crippen LogP contribution in [0.1, 0.15) is 74.9 Å². The lowest BCUT2D eigenvalue weighted by molar-refractivity contribution is -0.126. The number of carbonyl (C=O) groups is 3. The first kappa shape index (κ1) is 39.6. The SMILES string of the molecule is CC.CCNC(=O)c1noc(-c2cc(Cl)c(O)cc2O)c1-c1ccc(OCc2cnc(CCCCCCC=O)[nH]2)cc1.CN1CC(C(N)=O)C1. The van der Waals surface area contributed by atoms with Gasteiger partial charge in [-0.25, -0.2) is 4.98 Å². The number of rotatable bonds is 15. The summed E-state index contributed by atoms with van der Waals surface area (Å²) in [5.74, 6) is 0.589. The molecule has 2 aromatic carbocycles. The summed E-state index contributed by atoms with van der Waals surface area (Å²) in [6.07, 6.45) is 8.21. The van der Waals surface area contributed by atoms with E-state index in [2.05, 4.69) is 25.3 Å². The Hall–Kier alpha value is -4.88. The lowest BCUT2D eigenvalue weighted by Gasteiger charge is -2.33. The van der Waals surface area contributed by atoms with Crippen LogP contribution >= 0.6 is 11.6 Å². The van der Waals surface area contributed by atoms with Crippen LogP contribution in [-0.4, -0.2) is 75.0 Å². The molecule has 1 saturated heterocycles. The number of nitrogens with one attached hydrogen (secondary N) is 2. The summed E-state index contributed by atoms with van der Waals surface area (Å²) in [6.45, 7) is 8.16. The summed E-state index contributed by atoms with van der Waals surface area (Å²) in [4.78, 5) is 43.2. The molecule has 50 heavy (non-hydrogen) atoms. The molecule has 1 aliphatic heterocycles. The Morgan fingerprint density at radius 2 is 1.82 bits per heavy atom. The molecule has 270 valence electrons. The molecule has 3 heterocycles. The number of aromatic amines is 1. The minimum absolute atomic E-state index is 0.00927. The second-order valence-corrected chi connectivity index (χ2v) is 11.9. The van der Waals surface area contributed by atoms with E-state index in [1.54, 1.807) is 37.4 Å². The number of halogens is 1. The first-order valence-electron chi connectivity index (χ1n) is 16.8. The standard InChI is InChI=1S/C29H31ClN4O6.C5H10N2O.C2H6/c1-2-31-29(38)27-26(28(40-34-27)21-14-22(30)24(37)15-23(21)36)18-9-11-20(12-10-18)39-17-19-16-32-25(33-19)8-6-4-3-5-7-13-35;1-7-2-4(3-7)5(6)8;1-2/h9-16,36-37H,2-8,17H2,1H3,(H,31,38)(H,32,33);4H,2-3H2,1H3,(H2,6,8);1-2H3. The van der Waals surface area contributed by atoms with Gasteiger partial charge < -0.3 is 45.2 Å². The normalized spacial score (nSPS) is 12.5. The molecule has 6 N–H and O–H groups in total. The Balaban J connectivity index is 0.000000586. The van der Waals surface area contributed by atoms with E-state index in [1.807, 2.05) is 20.9 Å². The average Bonchev–Trinajstić information content (AvgIpc) is 3.75. The molecule has 0 bridgehead atoms. The van der Waals surface area contributed by atoms with Crippen LogP contribution in [0.15, 0.2) is 47.1 Å². The Labute approximate surface area is 297 Å². The third-order valence-corrected chi connectivity index (χ3v) is 8.03. The van der Waals surface area contributed by atoms with Gasteiger partial charge in [0.2, 0.25) is 5.91 Å². The first-order valence-corrected chi connectivity index (χ1v) is 17.2. The number of aryl methyl sites for hydroxylation is 1. The number of hydrogen-bond donors (Lipinski definition) is 5. The van der Waals surface area contributed by atoms with E-state index in [0.29, 0.717) is 36.4 Å². The molecule has 0 unspecified atom stereocenters. The van der Waals surface area contributed by atoms with Crippen LogP contribution in [0, 0.1) is 5.92 Å². The number of nitrogens with two attached hydrogens (primary N) is 1. The molecule has 0 radical (unpaired) electrons. The van der Waals surface area contributed by atoms with Gasteiger partial charge in [0.1, 0.15) is 36.0 Å². The summed E-state index contributed by atoms with van der Waals surface area (Å²) in [6, 6.07) is 9.49. The van der Waals surface area contributed by atoms with Gasteiger partial charge in [-0.05, 0) is 50.6 Å². The van der Waals surface area contributed by atoms with Gasteiger partial charge in [-0.2, -0.15) is 0 Å². The second kappa shape index (κ2) is 20.0. The molecule has 2 aromatic heterocycles. The van der Waals surface area contributed by atoms with E-state index < -0.39 is 5.91 Å². The number of unbranched alkanes of at least 4 members (excludes halogenated alkanes) is 4. The van der Waals surface area contributed by atoms with Gasteiger partial charge in [-0.15, -0.1) is 0 Å². The summed E-state index contributed by atoms with van der Waals surface area (Å²) in [7, 11) is 1.97. The predicted molar refractivity (Wildman–Crippen MR) is 191 cm³/mol. The third kappa shape index (κ3) is 11.1. The van der Waals surface area contributed by atoms with Gasteiger partial charge in [-0.1, -0.05) is 55.6 Å². The smallest absolute Gasteiger partial charge is 0.274 e. The van der Waals surface area contributed by atoms with Crippen LogP contribution in [0.25, 0.3) is 22.5 Å². The highest BCUT2D eigenvalue weighted by molar-refractivity contribution is 6.32. The number of H-pyrrole nitrogens is 1. The van der Waals surface area contributed by atoms with Crippen LogP contribution in [0.5, 0.6) is 17.2 Å². The highest BCUT2D eigenvalue weighted by atomic mass is 35.5. The Kier molecular flexibility index (Phi) is 15.8. The molecule has 0 aliphatic carbocycles. The van der Waals surface area contributed by atoms with Crippen molar-refractivity contribution in [2.24, 2.45) is 11.7 Å². The van der Waals surface area contributed by atoms with Gasteiger partial charge in [0.05, 0.1) is 34.0 Å². The van der Waals surface area contributed by atoms with Gasteiger partial charge in [0, 0.05) is 38.5 Å². The Morgan fingerprint density at radius 3 is 2.44 bits per heavy atom. The van der Waals surface area contributed by atoms with Crippen molar-refractivity contribution in [3.05, 3.63) is 64.8 Å². The number of imidazole rings is 1. The van der Waals surface area contributed by atoms with Crippen molar-refractivity contribution >= 4 is 29.7 Å². The molecular weight excluding hydrogens is 664 g/mol. The molecule has 0 saturated carbocycles. The molecule has 13 nitrogen and oxygen atoms in total. The Bertz CT molecular complexity index is 1680. The maximum Gasteiger partial charge on any atom is 0.274 e. The number of likely N-dealkylation sites (tertiary alicyclic amines) is 1. The Morgan fingerprint density at radius 1 is 1.12 bits per heavy atom. The number of aromatic nitrogens is 3. The zero-order valence-electron chi connectivity index (χ0n) is 29.0. The van der Waals surface area contributed by atoms with Gasteiger partial charge >= 0.3 is 0 Å². The molecule has 1 aliphatic rings. The maximum absolute atomic E-state index is 12.7. The third-order valence-electron chi connectivity index (χ3n) is 7.72. The number of phenols is 2. The van der Waals surface area contributed by atoms with Crippen molar-refractivity contribution in [1.29, 1.82) is 0 Å². The highest BCUT2D eigenvalue weighted by Crippen LogP contribution is 2.43. The van der Waals surface area contributed by atoms with Gasteiger partial charge in [0.15, 0.2) is 11.5 Å². The number of amides is 2. The van der Waals surface area contributed by atoms with E-state index >= 15 is 0 Å². The van der Waals surface area contributed by atoms with E-state index in [1.165, 1.54) is 6.07 Å². The molecule has 2 amide bonds. The van der Waals surface area contributed by atoms with Crippen molar-refractivity contribution in [3.8, 4) is 39.7 Å². The van der Waals surface area contributed by atoms with Crippen molar-refractivity contribution < 1.29 is 33.9 Å². The van der Waals surface area contributed by atoms with Crippen LogP contribution in [-0.2, 0) is 22.6 Å². The van der Waals surface area contributed by atoms with Crippen molar-refractivity contribution in [3.63, 3.8) is 0 Å². The number of primary amides is 1. The highest BCUT2D eigenvalue weighted by Gasteiger charge is 2.28. The lowest BCUT2D eigenvalue weighted by Crippen LogP contribution is -2.50. The summed E-state index contributed by atoms with van der Waals surface area (Å²) < 4.78 is 11.4. The zero-order valence-corrected chi connectivity index (χ0v) is 29.8. The van der Waals surface area contributed by atoms with E-state index in [4.69, 9.17) is 26.6 Å². The number of hydrogen-bond acceptors (Lipinski definition) is 10. The fourth-order valence-electron chi connectivity index (χ4n) is 5.11. The molecule has 0 spiro atoms. The van der Waals surface area contributed by atoms with E-state index in [9.17, 15) is 24.6 Å². The minimum Gasteiger partial charge on any atom is -0.507 e. The maximum atomic E-state index is 12.7. The summed E-state index contributed by atoms with van der Waals surface area (Å²) >= 11 is 6.07. The van der Waals surface area contributed by atoms with E-state index in [-0.39, 0.29) is 45.4 Å². The number of aldehydes is 1. The topological polar surface area (TPSA) is 197 Å². The fourth-order valence-corrected chi connectivity index (χ4v) is 5.27. The number of phenolic OH excluding ortho intramolecular Hbond substituents is 2. The lowest BCUT2D eigenvalue weighted by atomic mass is 9.98. The summed E-state index contributed by atoms with van der Waals surface area (Å²) in [5, 5.41) is 27.0. The van der Waals surface area contributed by atoms with Crippen LogP contribution in [0.3, 0.4) is 0 Å². The van der Waals surface area contributed by atoms with Crippen LogP contribution < -0.4 is 15.8 Å². The van der Waals surface area contributed by atoms with Gasteiger partial charge in [-0.3, -0.25) is 9.59 Å². The largest absolute Gasteiger partial charge is 0.507 e. The van der Waals surface area contributed by atoms with Crippen LogP contribution in [0.4, 0.5) is 0 Å². The van der Waals surface area contributed by atoms with Gasteiger partial charge in [0.25, 0.3) is 5.91 Å². The number of ether oxygens (including phenoxy) is 1.